The molecule has 1 spiro atoms. The summed E-state index contributed by atoms with van der Waals surface area (Å²) < 4.78 is 58.0. The van der Waals surface area contributed by atoms with Gasteiger partial charge in [0.25, 0.3) is 0 Å². The maximum atomic E-state index is 13.7. The first-order valence-corrected chi connectivity index (χ1v) is 10.8. The lowest BCUT2D eigenvalue weighted by atomic mass is 9.64. The van der Waals surface area contributed by atoms with Crippen molar-refractivity contribution in [2.75, 3.05) is 18.1 Å². The van der Waals surface area contributed by atoms with Crippen molar-refractivity contribution in [2.24, 2.45) is 11.8 Å². The monoisotopic (exact) mass is 465 g/mol. The average Bonchev–Trinajstić information content (AvgIpc) is 3.31. The Balaban J connectivity index is 1.54. The van der Waals surface area contributed by atoms with Gasteiger partial charge in [0.05, 0.1) is 53.6 Å². The lowest BCUT2D eigenvalue weighted by Gasteiger charge is -2.42. The van der Waals surface area contributed by atoms with Crippen molar-refractivity contribution in [3.63, 3.8) is 0 Å². The standard InChI is InChI=1S/C22H22F3N3O5/c1-3-31-19(30)27-14-9-21-6-7-32-18-16(21)15(20(14,2)33-21)17(29)28(18)12-5-4-11(10-26)13(8-12)22(23,24)25/h4-5,8,14-16,18H,3,6-7,9H2,1-2H3,(H,27,30)/t14-,15+,16-,18-,20+,21-/m1/s1. The number of amides is 2. The van der Waals surface area contributed by atoms with E-state index in [4.69, 9.17) is 19.5 Å². The number of alkyl halides is 3. The van der Waals surface area contributed by atoms with Crippen molar-refractivity contribution in [1.29, 1.82) is 5.26 Å². The third-order valence-corrected chi connectivity index (χ3v) is 7.40. The lowest BCUT2D eigenvalue weighted by Crippen LogP contribution is -2.57. The summed E-state index contributed by atoms with van der Waals surface area (Å²) in [6, 6.07) is 4.27. The molecule has 4 saturated heterocycles. The van der Waals surface area contributed by atoms with Gasteiger partial charge in [-0.2, -0.15) is 18.4 Å². The number of hydrogen-bond donors (Lipinski definition) is 1. The van der Waals surface area contributed by atoms with E-state index in [1.807, 2.05) is 0 Å². The molecule has 1 N–H and O–H groups in total. The van der Waals surface area contributed by atoms with Crippen LogP contribution in [-0.4, -0.2) is 48.7 Å². The summed E-state index contributed by atoms with van der Waals surface area (Å²) in [5, 5.41) is 11.9. The molecule has 4 aliphatic heterocycles. The molecule has 2 bridgehead atoms. The van der Waals surface area contributed by atoms with Crippen LogP contribution in [-0.2, 0) is 25.2 Å². The lowest BCUT2D eigenvalue weighted by molar-refractivity contribution is -0.141. The summed E-state index contributed by atoms with van der Waals surface area (Å²) in [6.45, 7) is 3.88. The number of nitrogens with one attached hydrogen (secondary N) is 1. The van der Waals surface area contributed by atoms with Crippen molar-refractivity contribution < 1.29 is 37.0 Å². The summed E-state index contributed by atoms with van der Waals surface area (Å²) in [5.74, 6) is -1.54. The zero-order valence-corrected chi connectivity index (χ0v) is 17.9. The second kappa shape index (κ2) is 7.08. The Kier molecular flexibility index (Phi) is 4.71. The molecule has 0 unspecified atom stereocenters. The van der Waals surface area contributed by atoms with Crippen LogP contribution in [0, 0.1) is 23.2 Å². The van der Waals surface area contributed by atoms with Gasteiger partial charge in [0, 0.05) is 24.4 Å². The number of rotatable bonds is 3. The molecular weight excluding hydrogens is 443 g/mol. The number of nitriles is 1. The molecule has 0 aliphatic carbocycles. The molecule has 4 heterocycles. The summed E-state index contributed by atoms with van der Waals surface area (Å²) in [4.78, 5) is 27.0. The van der Waals surface area contributed by atoms with Crippen LogP contribution in [0.25, 0.3) is 0 Å². The zero-order chi connectivity index (χ0) is 23.8. The molecule has 5 rings (SSSR count). The van der Waals surface area contributed by atoms with E-state index in [2.05, 4.69) is 5.32 Å². The van der Waals surface area contributed by atoms with Crippen molar-refractivity contribution in [3.8, 4) is 6.07 Å². The van der Waals surface area contributed by atoms with Gasteiger partial charge in [0.15, 0.2) is 0 Å². The predicted octanol–water partition coefficient (Wildman–Crippen LogP) is 2.95. The molecule has 2 amide bonds. The number of carbonyl (C=O) groups is 2. The van der Waals surface area contributed by atoms with Gasteiger partial charge >= 0.3 is 12.3 Å². The van der Waals surface area contributed by atoms with Crippen LogP contribution in [0.4, 0.5) is 23.7 Å². The number of ether oxygens (including phenoxy) is 3. The minimum absolute atomic E-state index is 0.0145. The van der Waals surface area contributed by atoms with E-state index in [1.165, 1.54) is 11.0 Å². The van der Waals surface area contributed by atoms with Crippen LogP contribution in [0.5, 0.6) is 0 Å². The zero-order valence-electron chi connectivity index (χ0n) is 17.9. The third kappa shape index (κ3) is 2.97. The fraction of sp³-hybridized carbons (Fsp3) is 0.591. The minimum atomic E-state index is -4.75. The fourth-order valence-corrected chi connectivity index (χ4v) is 6.15. The molecule has 8 nitrogen and oxygen atoms in total. The first-order valence-electron chi connectivity index (χ1n) is 10.8. The molecule has 4 fully saturated rings. The van der Waals surface area contributed by atoms with E-state index >= 15 is 0 Å². The molecule has 1 aromatic rings. The van der Waals surface area contributed by atoms with Crippen molar-refractivity contribution in [2.45, 2.75) is 56.3 Å². The van der Waals surface area contributed by atoms with Crippen LogP contribution in [0.2, 0.25) is 0 Å². The van der Waals surface area contributed by atoms with E-state index < -0.39 is 64.6 Å². The van der Waals surface area contributed by atoms with Gasteiger partial charge in [-0.25, -0.2) is 4.79 Å². The van der Waals surface area contributed by atoms with E-state index in [-0.39, 0.29) is 18.9 Å². The molecule has 176 valence electrons. The highest BCUT2D eigenvalue weighted by atomic mass is 19.4. The van der Waals surface area contributed by atoms with E-state index in [0.717, 1.165) is 12.1 Å². The number of fused-ring (bicyclic) bond motifs is 2. The SMILES string of the molecule is CCOC(=O)N[C@@H]1C[C@]23CCO[C@@H]4[C@H]2[C@@H](C(=O)N4c2ccc(C#N)c(C(F)(F)F)c2)[C@@]1(C)O3. The molecule has 33 heavy (non-hydrogen) atoms. The highest BCUT2D eigenvalue weighted by Crippen LogP contribution is 2.65. The highest BCUT2D eigenvalue weighted by Gasteiger charge is 2.78. The Morgan fingerprint density at radius 2 is 2.18 bits per heavy atom. The van der Waals surface area contributed by atoms with E-state index in [1.54, 1.807) is 19.9 Å². The third-order valence-electron chi connectivity index (χ3n) is 7.40. The summed E-state index contributed by atoms with van der Waals surface area (Å²) in [7, 11) is 0. The Morgan fingerprint density at radius 1 is 1.42 bits per heavy atom. The Labute approximate surface area is 187 Å². The second-order valence-electron chi connectivity index (χ2n) is 9.03. The van der Waals surface area contributed by atoms with Gasteiger partial charge < -0.3 is 19.5 Å². The fourth-order valence-electron chi connectivity index (χ4n) is 6.15. The summed E-state index contributed by atoms with van der Waals surface area (Å²) in [6.07, 6.45) is -5.21. The quantitative estimate of drug-likeness (QED) is 0.737. The molecule has 4 aliphatic rings. The molecule has 1 aromatic carbocycles. The largest absolute Gasteiger partial charge is 0.450 e. The van der Waals surface area contributed by atoms with Crippen LogP contribution in [0.1, 0.15) is 37.8 Å². The van der Waals surface area contributed by atoms with Gasteiger partial charge in [0.2, 0.25) is 5.91 Å². The van der Waals surface area contributed by atoms with Crippen molar-refractivity contribution in [1.82, 2.24) is 5.32 Å². The Bertz CT molecular complexity index is 1070. The van der Waals surface area contributed by atoms with Gasteiger partial charge in [-0.3, -0.25) is 9.69 Å². The number of alkyl carbamates (subject to hydrolysis) is 1. The number of anilines is 1. The van der Waals surface area contributed by atoms with Crippen LogP contribution >= 0.6 is 0 Å². The Morgan fingerprint density at radius 3 is 2.85 bits per heavy atom. The number of nitrogens with zero attached hydrogens (tertiary/aromatic N) is 2. The molecule has 0 aromatic heterocycles. The highest BCUT2D eigenvalue weighted by molar-refractivity contribution is 6.00. The maximum absolute atomic E-state index is 13.7. The van der Waals surface area contributed by atoms with Gasteiger partial charge in [-0.05, 0) is 32.0 Å². The van der Waals surface area contributed by atoms with E-state index in [0.29, 0.717) is 12.8 Å². The normalized spacial score (nSPS) is 36.5. The number of halogens is 3. The number of benzene rings is 1. The summed E-state index contributed by atoms with van der Waals surface area (Å²) >= 11 is 0. The molecular formula is C22H22F3N3O5. The van der Waals surface area contributed by atoms with Crippen molar-refractivity contribution in [3.05, 3.63) is 29.3 Å². The number of carbonyl (C=O) groups excluding carboxylic acids is 2. The molecule has 0 radical (unpaired) electrons. The van der Waals surface area contributed by atoms with Crippen LogP contribution < -0.4 is 10.2 Å². The van der Waals surface area contributed by atoms with E-state index in [9.17, 15) is 22.8 Å². The minimum Gasteiger partial charge on any atom is -0.450 e. The smallest absolute Gasteiger partial charge is 0.417 e. The average molecular weight is 465 g/mol. The Hall–Kier alpha value is -2.84. The first kappa shape index (κ1) is 22.0. The van der Waals surface area contributed by atoms with Gasteiger partial charge in [-0.15, -0.1) is 0 Å². The topological polar surface area (TPSA) is 101 Å². The second-order valence-corrected chi connectivity index (χ2v) is 9.03. The molecule has 0 saturated carbocycles. The summed E-state index contributed by atoms with van der Waals surface area (Å²) in [5.41, 5.74) is -3.41. The first-order chi connectivity index (χ1) is 15.6. The van der Waals surface area contributed by atoms with Crippen LogP contribution in [0.3, 0.4) is 0 Å². The molecule has 6 atom stereocenters. The van der Waals surface area contributed by atoms with Crippen molar-refractivity contribution >= 4 is 17.7 Å². The maximum Gasteiger partial charge on any atom is 0.417 e. The van der Waals surface area contributed by atoms with Gasteiger partial charge in [-0.1, -0.05) is 0 Å². The van der Waals surface area contributed by atoms with Gasteiger partial charge in [0.1, 0.15) is 6.23 Å². The molecule has 11 heteroatoms. The predicted molar refractivity (Wildman–Crippen MR) is 106 cm³/mol. The number of hydrogen-bond acceptors (Lipinski definition) is 6. The van der Waals surface area contributed by atoms with Crippen LogP contribution in [0.15, 0.2) is 18.2 Å².